The molecule has 0 fully saturated rings. The number of rotatable bonds is 7. The predicted molar refractivity (Wildman–Crippen MR) is 124 cm³/mol. The van der Waals surface area contributed by atoms with Gasteiger partial charge in [-0.3, -0.25) is 4.79 Å². The molecule has 0 saturated carbocycles. The molecular weight excluding hydrogens is 460 g/mol. The molecule has 3 aromatic rings. The highest BCUT2D eigenvalue weighted by atomic mass is 32.2. The summed E-state index contributed by atoms with van der Waals surface area (Å²) in [7, 11) is 1.12. The van der Waals surface area contributed by atoms with Gasteiger partial charge in [0.05, 0.1) is 38.2 Å². The minimum atomic E-state index is -3.32. The van der Waals surface area contributed by atoms with E-state index in [1.165, 1.54) is 44.7 Å². The van der Waals surface area contributed by atoms with Crippen molar-refractivity contribution < 1.29 is 31.8 Å². The first-order chi connectivity index (χ1) is 16.3. The summed E-state index contributed by atoms with van der Waals surface area (Å²) in [6, 6.07) is 12.6. The molecule has 0 N–H and O–H groups in total. The number of amides is 1. The molecule has 9 nitrogen and oxygen atoms in total. The van der Waals surface area contributed by atoms with Crippen molar-refractivity contribution in [3.8, 4) is 17.2 Å². The van der Waals surface area contributed by atoms with Gasteiger partial charge in [-0.05, 0) is 42.0 Å². The van der Waals surface area contributed by atoms with Crippen molar-refractivity contribution in [2.24, 2.45) is 5.10 Å². The topological polar surface area (TPSA) is 108 Å². The van der Waals surface area contributed by atoms with Gasteiger partial charge in [-0.15, -0.1) is 0 Å². The molecule has 2 heterocycles. The second-order valence-corrected chi connectivity index (χ2v) is 9.66. The molecule has 0 aliphatic carbocycles. The summed E-state index contributed by atoms with van der Waals surface area (Å²) >= 11 is 0. The van der Waals surface area contributed by atoms with Crippen molar-refractivity contribution in [3.63, 3.8) is 0 Å². The third-order valence-corrected chi connectivity index (χ3v) is 6.65. The van der Waals surface area contributed by atoms with E-state index in [-0.39, 0.29) is 10.8 Å². The highest BCUT2D eigenvalue weighted by Crippen LogP contribution is 2.40. The minimum Gasteiger partial charge on any atom is -0.493 e. The van der Waals surface area contributed by atoms with Gasteiger partial charge in [0.2, 0.25) is 5.75 Å². The summed E-state index contributed by atoms with van der Waals surface area (Å²) in [5, 5.41) is 5.96. The second-order valence-electron chi connectivity index (χ2n) is 7.64. The first-order valence-corrected chi connectivity index (χ1v) is 12.2. The van der Waals surface area contributed by atoms with Crippen molar-refractivity contribution in [1.29, 1.82) is 0 Å². The van der Waals surface area contributed by atoms with E-state index in [0.717, 1.165) is 6.26 Å². The Hall–Kier alpha value is -3.79. The third-order valence-electron chi connectivity index (χ3n) is 5.52. The average molecular weight is 485 g/mol. The van der Waals surface area contributed by atoms with Gasteiger partial charge in [0.25, 0.3) is 5.91 Å². The van der Waals surface area contributed by atoms with Crippen LogP contribution in [0.5, 0.6) is 17.2 Å². The number of furan rings is 1. The summed E-state index contributed by atoms with van der Waals surface area (Å²) < 4.78 is 45.3. The van der Waals surface area contributed by atoms with E-state index in [4.69, 9.17) is 18.6 Å². The standard InChI is InChI=1S/C24H24N2O7S/c1-30-21-12-16(13-22(31-2)23(21)32-3)24(27)26-19(20-6-5-11-33-20)14-18(25-26)15-7-9-17(10-8-15)34(4,28)29/h5-13,19H,14H2,1-4H3. The molecule has 0 bridgehead atoms. The van der Waals surface area contributed by atoms with E-state index >= 15 is 0 Å². The van der Waals surface area contributed by atoms with Gasteiger partial charge in [-0.25, -0.2) is 13.4 Å². The lowest BCUT2D eigenvalue weighted by molar-refractivity contribution is 0.0692. The Balaban J connectivity index is 1.74. The summed E-state index contributed by atoms with van der Waals surface area (Å²) in [6.07, 6.45) is 3.08. The lowest BCUT2D eigenvalue weighted by atomic mass is 10.0. The van der Waals surface area contributed by atoms with E-state index in [1.807, 2.05) is 0 Å². The Kier molecular flexibility index (Phi) is 6.34. The number of nitrogens with zero attached hydrogens (tertiary/aromatic N) is 2. The number of benzene rings is 2. The lowest BCUT2D eigenvalue weighted by Crippen LogP contribution is -2.27. The fraction of sp³-hybridized carbons (Fsp3) is 0.250. The molecule has 0 radical (unpaired) electrons. The Labute approximate surface area is 197 Å². The van der Waals surface area contributed by atoms with Crippen LogP contribution in [0.3, 0.4) is 0 Å². The average Bonchev–Trinajstić information content (AvgIpc) is 3.52. The molecule has 1 unspecified atom stereocenters. The predicted octanol–water partition coefficient (Wildman–Crippen LogP) is 3.70. The van der Waals surface area contributed by atoms with Crippen LogP contribution in [0.25, 0.3) is 0 Å². The van der Waals surface area contributed by atoms with E-state index in [0.29, 0.717) is 46.3 Å². The fourth-order valence-corrected chi connectivity index (χ4v) is 4.44. The molecule has 34 heavy (non-hydrogen) atoms. The maximum Gasteiger partial charge on any atom is 0.274 e. The van der Waals surface area contributed by atoms with Crippen molar-refractivity contribution in [3.05, 3.63) is 71.7 Å². The smallest absolute Gasteiger partial charge is 0.274 e. The zero-order valence-corrected chi connectivity index (χ0v) is 20.0. The Morgan fingerprint density at radius 3 is 2.18 bits per heavy atom. The summed E-state index contributed by atoms with van der Waals surface area (Å²) in [5.74, 6) is 1.26. The van der Waals surface area contributed by atoms with E-state index in [2.05, 4.69) is 5.10 Å². The van der Waals surface area contributed by atoms with E-state index in [1.54, 1.807) is 36.4 Å². The SMILES string of the molecule is COc1cc(C(=O)N2N=C(c3ccc(S(C)(=O)=O)cc3)CC2c2ccco2)cc(OC)c1OC. The molecule has 178 valence electrons. The molecule has 1 amide bonds. The number of methoxy groups -OCH3 is 3. The number of hydrogen-bond donors (Lipinski definition) is 0. The van der Waals surface area contributed by atoms with Gasteiger partial charge in [-0.2, -0.15) is 5.10 Å². The third kappa shape index (κ3) is 4.36. The Bertz CT molecular complexity index is 1310. The van der Waals surface area contributed by atoms with Crippen molar-refractivity contribution in [2.75, 3.05) is 27.6 Å². The highest BCUT2D eigenvalue weighted by Gasteiger charge is 2.36. The van der Waals surface area contributed by atoms with Crippen LogP contribution in [-0.2, 0) is 9.84 Å². The first kappa shape index (κ1) is 23.4. The molecule has 2 aromatic carbocycles. The molecule has 1 aliphatic heterocycles. The van der Waals surface area contributed by atoms with Crippen molar-refractivity contribution in [2.45, 2.75) is 17.4 Å². The zero-order chi connectivity index (χ0) is 24.5. The molecule has 1 aliphatic rings. The maximum atomic E-state index is 13.6. The van der Waals surface area contributed by atoms with Crippen LogP contribution < -0.4 is 14.2 Å². The minimum absolute atomic E-state index is 0.211. The molecule has 1 atom stereocenters. The monoisotopic (exact) mass is 484 g/mol. The quantitative estimate of drug-likeness (QED) is 0.503. The molecule has 10 heteroatoms. The lowest BCUT2D eigenvalue weighted by Gasteiger charge is -2.21. The largest absolute Gasteiger partial charge is 0.493 e. The van der Waals surface area contributed by atoms with Gasteiger partial charge in [0, 0.05) is 18.2 Å². The molecular formula is C24H24N2O7S. The van der Waals surface area contributed by atoms with Gasteiger partial charge >= 0.3 is 0 Å². The Morgan fingerprint density at radius 1 is 1.03 bits per heavy atom. The Morgan fingerprint density at radius 2 is 1.68 bits per heavy atom. The van der Waals surface area contributed by atoms with Crippen LogP contribution in [0.15, 0.2) is 69.2 Å². The molecule has 4 rings (SSSR count). The number of carbonyl (C=O) groups excluding carboxylic acids is 1. The van der Waals surface area contributed by atoms with Gasteiger partial charge in [0.1, 0.15) is 11.8 Å². The maximum absolute atomic E-state index is 13.6. The number of hydrogen-bond acceptors (Lipinski definition) is 8. The van der Waals surface area contributed by atoms with Crippen LogP contribution in [0.1, 0.15) is 34.1 Å². The van der Waals surface area contributed by atoms with Gasteiger partial charge < -0.3 is 18.6 Å². The molecule has 1 aromatic heterocycles. The van der Waals surface area contributed by atoms with E-state index in [9.17, 15) is 13.2 Å². The summed E-state index contributed by atoms with van der Waals surface area (Å²) in [5.41, 5.74) is 1.63. The number of sulfone groups is 1. The van der Waals surface area contributed by atoms with Crippen LogP contribution in [0.4, 0.5) is 0 Å². The van der Waals surface area contributed by atoms with Gasteiger partial charge in [-0.1, -0.05) is 12.1 Å². The normalized spacial score (nSPS) is 15.7. The molecule has 0 saturated heterocycles. The van der Waals surface area contributed by atoms with Crippen LogP contribution in [0.2, 0.25) is 0 Å². The summed E-state index contributed by atoms with van der Waals surface area (Å²) in [4.78, 5) is 13.8. The number of hydrazone groups is 1. The van der Waals surface area contributed by atoms with Crippen molar-refractivity contribution >= 4 is 21.5 Å². The fourth-order valence-electron chi connectivity index (χ4n) is 3.81. The zero-order valence-electron chi connectivity index (χ0n) is 19.1. The second kappa shape index (κ2) is 9.22. The van der Waals surface area contributed by atoms with Crippen LogP contribution in [0, 0.1) is 0 Å². The van der Waals surface area contributed by atoms with E-state index < -0.39 is 15.9 Å². The van der Waals surface area contributed by atoms with Crippen LogP contribution >= 0.6 is 0 Å². The van der Waals surface area contributed by atoms with Crippen molar-refractivity contribution in [1.82, 2.24) is 5.01 Å². The first-order valence-electron chi connectivity index (χ1n) is 10.3. The molecule has 0 spiro atoms. The number of ether oxygens (including phenoxy) is 3. The van der Waals surface area contributed by atoms with Crippen LogP contribution in [-0.4, -0.2) is 52.6 Å². The number of carbonyl (C=O) groups is 1. The van der Waals surface area contributed by atoms with Gasteiger partial charge in [0.15, 0.2) is 21.3 Å². The summed E-state index contributed by atoms with van der Waals surface area (Å²) in [6.45, 7) is 0. The highest BCUT2D eigenvalue weighted by molar-refractivity contribution is 7.90.